The van der Waals surface area contributed by atoms with E-state index in [1.807, 2.05) is 0 Å². The molecule has 22 heavy (non-hydrogen) atoms. The smallest absolute Gasteiger partial charge is 0.465 e. The highest BCUT2D eigenvalue weighted by Crippen LogP contribution is 2.45. The summed E-state index contributed by atoms with van der Waals surface area (Å²) in [5, 5.41) is 9.80. The molecule has 0 aliphatic carbocycles. The van der Waals surface area contributed by atoms with Gasteiger partial charge in [-0.15, -0.1) is 4.48 Å². The molecule has 7 nitrogen and oxygen atoms in total. The number of aldehydes is 1. The Bertz CT molecular complexity index is 702. The van der Waals surface area contributed by atoms with Crippen LogP contribution in [0.3, 0.4) is 0 Å². The Morgan fingerprint density at radius 3 is 2.45 bits per heavy atom. The van der Waals surface area contributed by atoms with E-state index < -0.39 is 22.1 Å². The number of ether oxygens (including phenoxy) is 1. The number of methoxy groups -OCH3 is 1. The first-order valence-corrected chi connectivity index (χ1v) is 6.59. The summed E-state index contributed by atoms with van der Waals surface area (Å²) in [5.74, 6) is -0.518. The summed E-state index contributed by atoms with van der Waals surface area (Å²) in [6.07, 6.45) is 2.01. The van der Waals surface area contributed by atoms with Crippen LogP contribution in [0.1, 0.15) is 36.7 Å². The summed E-state index contributed by atoms with van der Waals surface area (Å²) in [4.78, 5) is 39.5. The van der Waals surface area contributed by atoms with Crippen molar-refractivity contribution in [3.63, 3.8) is 0 Å². The molecule has 1 aromatic rings. The van der Waals surface area contributed by atoms with E-state index in [-0.39, 0.29) is 22.5 Å². The molecule has 1 aliphatic rings. The summed E-state index contributed by atoms with van der Waals surface area (Å²) in [6.45, 7) is 5.17. The van der Waals surface area contributed by atoms with Gasteiger partial charge in [0.25, 0.3) is 5.82 Å². The minimum absolute atomic E-state index is 0.112. The number of carboxylic acid groups (broad SMARTS) is 1. The van der Waals surface area contributed by atoms with Gasteiger partial charge in [0.15, 0.2) is 6.29 Å². The number of hydrogen-bond acceptors (Lipinski definition) is 5. The van der Waals surface area contributed by atoms with Crippen LogP contribution < -0.4 is 4.48 Å². The third-order valence-corrected chi connectivity index (χ3v) is 3.78. The zero-order valence-corrected chi connectivity index (χ0v) is 12.8. The molecule has 1 aromatic heterocycles. The number of fused-ring (bicyclic) bond motifs is 1. The molecule has 0 fully saturated rings. The molecule has 1 aliphatic heterocycles. The molecule has 116 valence electrons. The second-order valence-electron chi connectivity index (χ2n) is 5.93. The number of hydrogen-bond donors (Lipinski definition) is 1. The van der Waals surface area contributed by atoms with Crippen LogP contribution in [0.2, 0.25) is 0 Å². The first-order chi connectivity index (χ1) is 10.2. The second-order valence-corrected chi connectivity index (χ2v) is 5.93. The molecule has 0 spiro atoms. The average Bonchev–Trinajstić information content (AvgIpc) is 2.81. The van der Waals surface area contributed by atoms with Crippen molar-refractivity contribution in [2.24, 2.45) is 0 Å². The van der Waals surface area contributed by atoms with Gasteiger partial charge in [0.05, 0.1) is 23.8 Å². The van der Waals surface area contributed by atoms with Crippen molar-refractivity contribution in [1.82, 2.24) is 9.47 Å². The van der Waals surface area contributed by atoms with Crippen LogP contribution >= 0.6 is 0 Å². The third kappa shape index (κ3) is 1.93. The van der Waals surface area contributed by atoms with E-state index in [0.717, 1.165) is 0 Å². The SMILES string of the molecule is COC(=O)c1ccnc2c1C(C=O)=C[N+]2(C(=O)O)C(C)(C)C. The Kier molecular flexibility index (Phi) is 3.62. The van der Waals surface area contributed by atoms with E-state index in [4.69, 9.17) is 4.74 Å². The number of carbonyl (C=O) groups excluding carboxylic acids is 2. The first kappa shape index (κ1) is 15.8. The predicted octanol–water partition coefficient (Wildman–Crippen LogP) is 2.21. The number of quaternary nitrogens is 1. The van der Waals surface area contributed by atoms with E-state index in [2.05, 4.69) is 4.98 Å². The van der Waals surface area contributed by atoms with Crippen LogP contribution in [0.25, 0.3) is 5.57 Å². The lowest BCUT2D eigenvalue weighted by molar-refractivity contribution is -0.103. The zero-order valence-electron chi connectivity index (χ0n) is 12.8. The minimum atomic E-state index is -1.18. The average molecular weight is 305 g/mol. The molecule has 2 rings (SSSR count). The van der Waals surface area contributed by atoms with Crippen molar-refractivity contribution in [3.05, 3.63) is 29.6 Å². The van der Waals surface area contributed by atoms with E-state index in [1.165, 1.54) is 25.6 Å². The molecule has 0 radical (unpaired) electrons. The fraction of sp³-hybridized carbons (Fsp3) is 0.333. The normalized spacial score (nSPS) is 20.1. The van der Waals surface area contributed by atoms with Crippen molar-refractivity contribution in [1.29, 1.82) is 0 Å². The molecular weight excluding hydrogens is 288 g/mol. The fourth-order valence-corrected chi connectivity index (χ4v) is 2.65. The number of amides is 1. The number of rotatable bonds is 2. The maximum absolute atomic E-state index is 12.0. The predicted molar refractivity (Wildman–Crippen MR) is 79.2 cm³/mol. The maximum atomic E-state index is 12.0. The number of allylic oxidation sites excluding steroid dienone is 1. The quantitative estimate of drug-likeness (QED) is 0.511. The Balaban J connectivity index is 2.89. The van der Waals surface area contributed by atoms with Crippen molar-refractivity contribution >= 4 is 29.7 Å². The molecule has 1 atom stereocenters. The number of carbonyl (C=O) groups is 3. The monoisotopic (exact) mass is 305 g/mol. The number of nitrogens with zero attached hydrogens (tertiary/aromatic N) is 2. The van der Waals surface area contributed by atoms with E-state index >= 15 is 0 Å². The van der Waals surface area contributed by atoms with E-state index in [0.29, 0.717) is 6.29 Å². The second kappa shape index (κ2) is 5.03. The van der Waals surface area contributed by atoms with Gasteiger partial charge in [-0.05, 0) is 26.8 Å². The zero-order chi connectivity index (χ0) is 16.7. The molecule has 0 aromatic carbocycles. The van der Waals surface area contributed by atoms with E-state index in [1.54, 1.807) is 20.8 Å². The third-order valence-electron chi connectivity index (χ3n) is 3.78. The largest absolute Gasteiger partial charge is 0.525 e. The molecule has 7 heteroatoms. The molecule has 0 bridgehead atoms. The number of aromatic nitrogens is 1. The summed E-state index contributed by atoms with van der Waals surface area (Å²) in [5.41, 5.74) is -0.369. The van der Waals surface area contributed by atoms with Crippen molar-refractivity contribution in [2.45, 2.75) is 26.3 Å². The Morgan fingerprint density at radius 2 is 2.00 bits per heavy atom. The highest BCUT2D eigenvalue weighted by Gasteiger charge is 2.56. The van der Waals surface area contributed by atoms with Gasteiger partial charge in [-0.25, -0.2) is 9.78 Å². The number of esters is 1. The van der Waals surface area contributed by atoms with Crippen LogP contribution in [0.5, 0.6) is 0 Å². The Hall–Kier alpha value is -2.54. The fourth-order valence-electron chi connectivity index (χ4n) is 2.65. The Morgan fingerprint density at radius 1 is 1.36 bits per heavy atom. The molecule has 1 unspecified atom stereocenters. The lowest BCUT2D eigenvalue weighted by atomic mass is 10.0. The van der Waals surface area contributed by atoms with Gasteiger partial charge in [0.2, 0.25) is 0 Å². The minimum Gasteiger partial charge on any atom is -0.465 e. The summed E-state index contributed by atoms with van der Waals surface area (Å²) in [6, 6.07) is 1.41. The lowest BCUT2D eigenvalue weighted by Gasteiger charge is -2.37. The van der Waals surface area contributed by atoms with Crippen molar-refractivity contribution < 1.29 is 24.2 Å². The van der Waals surface area contributed by atoms with Gasteiger partial charge in [-0.1, -0.05) is 0 Å². The molecular formula is C15H17N2O5+. The standard InChI is InChI=1S/C15H16N2O5/c1-15(2,3)17(14(20)21)7-9(8-18)11-10(13(19)22-4)5-6-16-12(11)17/h5-8H,1-4H3/p+1. The molecule has 1 amide bonds. The van der Waals surface area contributed by atoms with Gasteiger partial charge in [0.1, 0.15) is 11.7 Å². The van der Waals surface area contributed by atoms with Crippen LogP contribution in [0, 0.1) is 0 Å². The van der Waals surface area contributed by atoms with Crippen LogP contribution in [0.4, 0.5) is 10.6 Å². The topological polar surface area (TPSA) is 93.6 Å². The van der Waals surface area contributed by atoms with Gasteiger partial charge in [-0.2, -0.15) is 4.79 Å². The lowest BCUT2D eigenvalue weighted by Crippen LogP contribution is -2.60. The first-order valence-electron chi connectivity index (χ1n) is 6.59. The molecule has 2 heterocycles. The van der Waals surface area contributed by atoms with E-state index in [9.17, 15) is 19.5 Å². The van der Waals surface area contributed by atoms with Crippen LogP contribution in [0.15, 0.2) is 18.5 Å². The summed E-state index contributed by atoms with van der Waals surface area (Å²) >= 11 is 0. The molecule has 1 N–H and O–H groups in total. The van der Waals surface area contributed by atoms with Gasteiger partial charge in [-0.3, -0.25) is 4.79 Å². The van der Waals surface area contributed by atoms with Crippen molar-refractivity contribution in [2.75, 3.05) is 7.11 Å². The van der Waals surface area contributed by atoms with Gasteiger partial charge in [0, 0.05) is 6.20 Å². The van der Waals surface area contributed by atoms with Crippen LogP contribution in [-0.4, -0.2) is 41.1 Å². The maximum Gasteiger partial charge on any atom is 0.525 e. The molecule has 0 saturated heterocycles. The Labute approximate surface area is 127 Å². The summed E-state index contributed by atoms with van der Waals surface area (Å²) in [7, 11) is 1.22. The van der Waals surface area contributed by atoms with Gasteiger partial charge >= 0.3 is 12.1 Å². The van der Waals surface area contributed by atoms with Crippen LogP contribution in [-0.2, 0) is 9.53 Å². The highest BCUT2D eigenvalue weighted by molar-refractivity contribution is 6.17. The molecule has 0 saturated carbocycles. The highest BCUT2D eigenvalue weighted by atomic mass is 16.5. The van der Waals surface area contributed by atoms with Gasteiger partial charge < -0.3 is 9.84 Å². The van der Waals surface area contributed by atoms with Crippen molar-refractivity contribution in [3.8, 4) is 0 Å². The summed E-state index contributed by atoms with van der Waals surface area (Å²) < 4.78 is 4.04. The number of pyridine rings is 1.